The third kappa shape index (κ3) is 51.8. The van der Waals surface area contributed by atoms with Gasteiger partial charge in [0.25, 0.3) is 0 Å². The van der Waals surface area contributed by atoms with E-state index >= 15 is 0 Å². The minimum atomic E-state index is -4.75. The third-order valence-electron chi connectivity index (χ3n) is 12.1. The van der Waals surface area contributed by atoms with Crippen molar-refractivity contribution in [1.82, 2.24) is 0 Å². The molecule has 0 heterocycles. The van der Waals surface area contributed by atoms with Crippen LogP contribution in [0.5, 0.6) is 0 Å². The smallest absolute Gasteiger partial charge is 0.462 e. The van der Waals surface area contributed by atoms with Gasteiger partial charge in [-0.1, -0.05) is 196 Å². The van der Waals surface area contributed by atoms with Crippen molar-refractivity contribution in [2.75, 3.05) is 26.4 Å². The van der Waals surface area contributed by atoms with Crippen molar-refractivity contribution in [3.05, 3.63) is 72.9 Å². The van der Waals surface area contributed by atoms with Gasteiger partial charge in [0, 0.05) is 19.3 Å². The fourth-order valence-corrected chi connectivity index (χ4v) is 8.47. The van der Waals surface area contributed by atoms with Gasteiger partial charge in [-0.05, 0) is 109 Å². The molecular formula is C60H105O11P. The van der Waals surface area contributed by atoms with Crippen molar-refractivity contribution in [3.8, 4) is 0 Å². The topological polar surface area (TPSA) is 155 Å². The molecule has 416 valence electrons. The summed E-state index contributed by atoms with van der Waals surface area (Å²) in [4.78, 5) is 48.5. The Balaban J connectivity index is 4.74. The zero-order valence-corrected chi connectivity index (χ0v) is 46.8. The minimum absolute atomic E-state index is 0.152. The molecule has 3 unspecified atom stereocenters. The Kier molecular flexibility index (Phi) is 51.9. The van der Waals surface area contributed by atoms with Gasteiger partial charge in [0.05, 0.1) is 19.8 Å². The van der Waals surface area contributed by atoms with Crippen molar-refractivity contribution in [1.29, 1.82) is 0 Å². The second kappa shape index (κ2) is 54.2. The predicted molar refractivity (Wildman–Crippen MR) is 298 cm³/mol. The lowest BCUT2D eigenvalue weighted by molar-refractivity contribution is -0.161. The molecule has 0 saturated carbocycles. The number of aliphatic hydroxyl groups is 1. The molecule has 3 atom stereocenters. The van der Waals surface area contributed by atoms with Crippen molar-refractivity contribution in [2.45, 2.75) is 264 Å². The summed E-state index contributed by atoms with van der Waals surface area (Å²) in [5, 5.41) is 9.80. The Hall–Kier alpha value is -3.08. The van der Waals surface area contributed by atoms with Crippen molar-refractivity contribution in [2.24, 2.45) is 0 Å². The lowest BCUT2D eigenvalue weighted by Crippen LogP contribution is -2.30. The number of ether oxygens (including phenoxy) is 3. The highest BCUT2D eigenvalue weighted by molar-refractivity contribution is 7.47. The quantitative estimate of drug-likeness (QED) is 0.0197. The van der Waals surface area contributed by atoms with Gasteiger partial charge in [0.15, 0.2) is 6.10 Å². The molecule has 0 aromatic carbocycles. The maximum atomic E-state index is 12.9. The molecular weight excluding hydrogens is 928 g/mol. The Labute approximate surface area is 439 Å². The fraction of sp³-hybridized carbons (Fsp3) is 0.750. The number of phosphoric ester groups is 1. The number of aliphatic hydroxyl groups excluding tert-OH is 1. The molecule has 0 saturated heterocycles. The summed E-state index contributed by atoms with van der Waals surface area (Å²) >= 11 is 0. The standard InChI is InChI=1S/C60H105O11P/c1-4-7-10-13-16-19-22-25-26-27-28-29-30-33-34-37-40-43-46-49-58(62)67-53-57(71-60(64)51-48-45-42-39-36-32-24-21-18-15-12-9-6-3)55-69-72(65,66)68-54-56(52-61)70-59(63)50-47-44-41-38-35-31-23-20-17-14-11-8-5-2/h7,10,16,19-21,23-26,28-29,56-57,61H,4-6,8-9,11-15,17-18,22,27,30-55H2,1-3H3,(H,65,66)/b10-7-,19-16-,23-20-,24-21-,26-25-,29-28-. The normalized spacial score (nSPS) is 13.9. The lowest BCUT2D eigenvalue weighted by Gasteiger charge is -2.21. The van der Waals surface area contributed by atoms with Crippen LogP contribution < -0.4 is 0 Å². The largest absolute Gasteiger partial charge is 0.472 e. The van der Waals surface area contributed by atoms with E-state index in [1.807, 2.05) is 0 Å². The monoisotopic (exact) mass is 1030 g/mol. The predicted octanol–water partition coefficient (Wildman–Crippen LogP) is 16.9. The average molecular weight is 1030 g/mol. The van der Waals surface area contributed by atoms with Gasteiger partial charge in [-0.25, -0.2) is 4.57 Å². The molecule has 0 amide bonds. The number of allylic oxidation sites excluding steroid dienone is 12. The second-order valence-electron chi connectivity index (χ2n) is 19.1. The molecule has 0 spiro atoms. The van der Waals surface area contributed by atoms with Gasteiger partial charge < -0.3 is 24.2 Å². The molecule has 0 bridgehead atoms. The first-order chi connectivity index (χ1) is 35.2. The Morgan fingerprint density at radius 2 is 0.722 bits per heavy atom. The van der Waals surface area contributed by atoms with Crippen molar-refractivity contribution in [3.63, 3.8) is 0 Å². The van der Waals surface area contributed by atoms with E-state index in [0.717, 1.165) is 141 Å². The van der Waals surface area contributed by atoms with Crippen LogP contribution in [0.3, 0.4) is 0 Å². The van der Waals surface area contributed by atoms with Gasteiger partial charge in [0.2, 0.25) is 0 Å². The molecule has 0 aromatic heterocycles. The van der Waals surface area contributed by atoms with Crippen LogP contribution >= 0.6 is 7.82 Å². The van der Waals surface area contributed by atoms with Crippen LogP contribution in [0.4, 0.5) is 0 Å². The molecule has 0 radical (unpaired) electrons. The summed E-state index contributed by atoms with van der Waals surface area (Å²) < 4.78 is 39.5. The van der Waals surface area contributed by atoms with Crippen molar-refractivity contribution < 1.29 is 52.2 Å². The van der Waals surface area contributed by atoms with E-state index in [1.54, 1.807) is 0 Å². The highest BCUT2D eigenvalue weighted by atomic mass is 31.2. The van der Waals surface area contributed by atoms with Gasteiger partial charge in [-0.15, -0.1) is 0 Å². The number of carbonyl (C=O) groups is 3. The van der Waals surface area contributed by atoms with E-state index in [1.165, 1.54) is 51.4 Å². The van der Waals surface area contributed by atoms with E-state index in [2.05, 4.69) is 93.7 Å². The molecule has 0 fully saturated rings. The maximum Gasteiger partial charge on any atom is 0.472 e. The van der Waals surface area contributed by atoms with Gasteiger partial charge >= 0.3 is 25.7 Å². The molecule has 72 heavy (non-hydrogen) atoms. The molecule has 0 aliphatic rings. The van der Waals surface area contributed by atoms with Crippen LogP contribution in [0.2, 0.25) is 0 Å². The molecule has 11 nitrogen and oxygen atoms in total. The van der Waals surface area contributed by atoms with E-state index in [9.17, 15) is 28.9 Å². The highest BCUT2D eigenvalue weighted by Gasteiger charge is 2.28. The minimum Gasteiger partial charge on any atom is -0.462 e. The van der Waals surface area contributed by atoms with Crippen LogP contribution in [0.25, 0.3) is 0 Å². The number of esters is 3. The van der Waals surface area contributed by atoms with Crippen molar-refractivity contribution >= 4 is 25.7 Å². The van der Waals surface area contributed by atoms with Crippen LogP contribution in [0.15, 0.2) is 72.9 Å². The molecule has 0 aliphatic carbocycles. The lowest BCUT2D eigenvalue weighted by atomic mass is 10.1. The second-order valence-corrected chi connectivity index (χ2v) is 20.5. The average Bonchev–Trinajstić information content (AvgIpc) is 3.37. The summed E-state index contributed by atoms with van der Waals surface area (Å²) in [5.74, 6) is -1.50. The number of carbonyl (C=O) groups excluding carboxylic acids is 3. The zero-order valence-electron chi connectivity index (χ0n) is 45.9. The number of unbranched alkanes of at least 4 members (excludes halogenated alkanes) is 24. The van der Waals surface area contributed by atoms with E-state index in [-0.39, 0.29) is 25.9 Å². The van der Waals surface area contributed by atoms with E-state index in [0.29, 0.717) is 19.3 Å². The SMILES string of the molecule is CC/C=C\C/C=C\C/C=C\C/C=C\CCCCCCCCC(=O)OCC(COP(=O)(O)OCC(CO)OC(=O)CCCCCCC/C=C\CCCCCC)OC(=O)CCCCCCC/C=C\CCCCCC. The summed E-state index contributed by atoms with van der Waals surface area (Å²) in [6.45, 7) is 4.47. The summed E-state index contributed by atoms with van der Waals surface area (Å²) in [5.41, 5.74) is 0. The summed E-state index contributed by atoms with van der Waals surface area (Å²) in [6.07, 6.45) is 60.0. The number of rotatable bonds is 53. The number of hydrogen-bond donors (Lipinski definition) is 2. The Morgan fingerprint density at radius 1 is 0.403 bits per heavy atom. The van der Waals surface area contributed by atoms with Gasteiger partial charge in [-0.2, -0.15) is 0 Å². The first kappa shape index (κ1) is 68.9. The van der Waals surface area contributed by atoms with Crippen LogP contribution in [0.1, 0.15) is 252 Å². The molecule has 0 aromatic rings. The molecule has 0 rings (SSSR count). The first-order valence-electron chi connectivity index (χ1n) is 28.8. The first-order valence-corrected chi connectivity index (χ1v) is 30.3. The molecule has 12 heteroatoms. The van der Waals surface area contributed by atoms with Crippen LogP contribution in [-0.4, -0.2) is 66.5 Å². The summed E-state index contributed by atoms with van der Waals surface area (Å²) in [7, 11) is -4.75. The van der Waals surface area contributed by atoms with Gasteiger partial charge in [0.1, 0.15) is 12.7 Å². The summed E-state index contributed by atoms with van der Waals surface area (Å²) in [6, 6.07) is 0. The Bertz CT molecular complexity index is 1490. The number of hydrogen-bond acceptors (Lipinski definition) is 10. The van der Waals surface area contributed by atoms with Crippen LogP contribution in [0, 0.1) is 0 Å². The maximum absolute atomic E-state index is 12.9. The fourth-order valence-electron chi connectivity index (χ4n) is 7.69. The zero-order chi connectivity index (χ0) is 52.7. The highest BCUT2D eigenvalue weighted by Crippen LogP contribution is 2.43. The van der Waals surface area contributed by atoms with E-state index in [4.69, 9.17) is 23.3 Å². The molecule has 2 N–H and O–H groups in total. The molecule has 0 aliphatic heterocycles. The van der Waals surface area contributed by atoms with Crippen LogP contribution in [-0.2, 0) is 42.2 Å². The number of phosphoric acid groups is 1. The van der Waals surface area contributed by atoms with E-state index < -0.39 is 57.8 Å². The third-order valence-corrected chi connectivity index (χ3v) is 13.0. The Morgan fingerprint density at radius 3 is 1.12 bits per heavy atom. The van der Waals surface area contributed by atoms with Gasteiger partial charge in [-0.3, -0.25) is 23.4 Å².